The minimum absolute atomic E-state index is 0.155. The Kier molecular flexibility index (Phi) is 7.47. The summed E-state index contributed by atoms with van der Waals surface area (Å²) in [7, 11) is 0. The second kappa shape index (κ2) is 9.60. The molecule has 0 aromatic heterocycles. The fraction of sp³-hybridized carbons (Fsp3) is 0.167. The van der Waals surface area contributed by atoms with Crippen LogP contribution in [0.25, 0.3) is 0 Å². The topological polar surface area (TPSA) is 81.7 Å². The summed E-state index contributed by atoms with van der Waals surface area (Å²) >= 11 is 17.6. The predicted molar refractivity (Wildman–Crippen MR) is 103 cm³/mol. The van der Waals surface area contributed by atoms with Crippen LogP contribution in [0.1, 0.15) is 17.3 Å². The highest BCUT2D eigenvalue weighted by atomic mass is 35.5. The molecular formula is C18H14Cl3NO5. The third-order valence-electron chi connectivity index (χ3n) is 3.27. The van der Waals surface area contributed by atoms with Gasteiger partial charge in [0.2, 0.25) is 0 Å². The number of ether oxygens (including phenoxy) is 2. The molecule has 0 radical (unpaired) electrons. The van der Waals surface area contributed by atoms with E-state index < -0.39 is 25.1 Å². The van der Waals surface area contributed by atoms with Gasteiger partial charge in [0, 0.05) is 11.6 Å². The largest absolute Gasteiger partial charge is 0.480 e. The molecule has 0 aliphatic heterocycles. The van der Waals surface area contributed by atoms with Crippen LogP contribution in [-0.4, -0.2) is 30.9 Å². The minimum Gasteiger partial charge on any atom is -0.480 e. The Bertz CT molecular complexity index is 885. The van der Waals surface area contributed by atoms with Crippen molar-refractivity contribution in [2.45, 2.75) is 6.92 Å². The van der Waals surface area contributed by atoms with Crippen molar-refractivity contribution in [3.8, 4) is 5.75 Å². The first-order chi connectivity index (χ1) is 12.8. The van der Waals surface area contributed by atoms with Crippen molar-refractivity contribution in [1.29, 1.82) is 0 Å². The van der Waals surface area contributed by atoms with Crippen LogP contribution in [-0.2, 0) is 14.3 Å². The fourth-order valence-corrected chi connectivity index (χ4v) is 2.62. The highest BCUT2D eigenvalue weighted by molar-refractivity contribution is 6.43. The van der Waals surface area contributed by atoms with Crippen molar-refractivity contribution < 1.29 is 23.9 Å². The van der Waals surface area contributed by atoms with Gasteiger partial charge in [0.15, 0.2) is 19.0 Å². The molecule has 0 aliphatic rings. The number of rotatable bonds is 7. The predicted octanol–water partition coefficient (Wildman–Crippen LogP) is 4.41. The first kappa shape index (κ1) is 21.0. The molecule has 2 aromatic carbocycles. The van der Waals surface area contributed by atoms with Gasteiger partial charge in [-0.3, -0.25) is 9.59 Å². The summed E-state index contributed by atoms with van der Waals surface area (Å²) in [6, 6.07) is 9.25. The van der Waals surface area contributed by atoms with Crippen LogP contribution >= 0.6 is 34.8 Å². The van der Waals surface area contributed by atoms with Gasteiger partial charge in [-0.05, 0) is 25.1 Å². The van der Waals surface area contributed by atoms with E-state index in [1.165, 1.54) is 19.1 Å². The molecule has 1 N–H and O–H groups in total. The van der Waals surface area contributed by atoms with Crippen molar-refractivity contribution >= 4 is 58.1 Å². The quantitative estimate of drug-likeness (QED) is 0.400. The van der Waals surface area contributed by atoms with Crippen molar-refractivity contribution in [1.82, 2.24) is 0 Å². The molecule has 142 valence electrons. The molecule has 0 saturated heterocycles. The van der Waals surface area contributed by atoms with Gasteiger partial charge < -0.3 is 14.8 Å². The smallest absolute Gasteiger partial charge is 0.344 e. The van der Waals surface area contributed by atoms with E-state index in [2.05, 4.69) is 5.32 Å². The lowest BCUT2D eigenvalue weighted by Gasteiger charge is -2.11. The van der Waals surface area contributed by atoms with Crippen LogP contribution < -0.4 is 10.1 Å². The Balaban J connectivity index is 1.85. The number of hydrogen-bond acceptors (Lipinski definition) is 5. The third-order valence-corrected chi connectivity index (χ3v) is 4.28. The standard InChI is InChI=1S/C18H14Cl3NO5/c1-10(23)11-4-2-3-5-15(11)22-17(24)8-27-18(25)9-26-16-7-13(20)12(19)6-14(16)21/h2-7H,8-9H2,1H3,(H,22,24). The van der Waals surface area contributed by atoms with Crippen LogP contribution in [0.5, 0.6) is 5.75 Å². The molecule has 0 aliphatic carbocycles. The van der Waals surface area contributed by atoms with Gasteiger partial charge in [-0.15, -0.1) is 0 Å². The van der Waals surface area contributed by atoms with E-state index >= 15 is 0 Å². The molecular weight excluding hydrogens is 417 g/mol. The molecule has 0 heterocycles. The Labute approximate surface area is 170 Å². The maximum Gasteiger partial charge on any atom is 0.344 e. The molecule has 27 heavy (non-hydrogen) atoms. The number of hydrogen-bond donors (Lipinski definition) is 1. The van der Waals surface area contributed by atoms with Crippen molar-refractivity contribution in [3.63, 3.8) is 0 Å². The highest BCUT2D eigenvalue weighted by Gasteiger charge is 2.13. The van der Waals surface area contributed by atoms with E-state index in [-0.39, 0.29) is 26.6 Å². The molecule has 1 amide bonds. The number of nitrogens with one attached hydrogen (secondary N) is 1. The van der Waals surface area contributed by atoms with Crippen LogP contribution in [0.3, 0.4) is 0 Å². The summed E-state index contributed by atoms with van der Waals surface area (Å²) in [4.78, 5) is 35.2. The molecule has 0 saturated carbocycles. The highest BCUT2D eigenvalue weighted by Crippen LogP contribution is 2.33. The molecule has 2 rings (SSSR count). The Morgan fingerprint density at radius 1 is 0.963 bits per heavy atom. The summed E-state index contributed by atoms with van der Waals surface area (Å²) in [5.74, 6) is -1.42. The Hall–Kier alpha value is -2.28. The third kappa shape index (κ3) is 6.13. The average molecular weight is 431 g/mol. The lowest BCUT2D eigenvalue weighted by molar-refractivity contribution is -0.149. The maximum atomic E-state index is 11.9. The zero-order valence-corrected chi connectivity index (χ0v) is 16.3. The van der Waals surface area contributed by atoms with Crippen LogP contribution in [0, 0.1) is 0 Å². The Morgan fingerprint density at radius 2 is 1.63 bits per heavy atom. The first-order valence-electron chi connectivity index (χ1n) is 7.60. The van der Waals surface area contributed by atoms with Crippen LogP contribution in [0.4, 0.5) is 5.69 Å². The molecule has 0 spiro atoms. The summed E-state index contributed by atoms with van der Waals surface area (Å²) in [5.41, 5.74) is 0.694. The minimum atomic E-state index is -0.785. The number of ketones is 1. The molecule has 0 fully saturated rings. The number of anilines is 1. The van der Waals surface area contributed by atoms with Gasteiger partial charge in [0.25, 0.3) is 5.91 Å². The van der Waals surface area contributed by atoms with E-state index in [9.17, 15) is 14.4 Å². The van der Waals surface area contributed by atoms with Crippen molar-refractivity contribution in [2.24, 2.45) is 0 Å². The number of carbonyl (C=O) groups excluding carboxylic acids is 3. The number of esters is 1. The molecule has 0 bridgehead atoms. The Morgan fingerprint density at radius 3 is 2.33 bits per heavy atom. The summed E-state index contributed by atoms with van der Waals surface area (Å²) < 4.78 is 10.0. The summed E-state index contributed by atoms with van der Waals surface area (Å²) in [5, 5.41) is 3.15. The monoisotopic (exact) mass is 429 g/mol. The number of amides is 1. The molecule has 0 unspecified atom stereocenters. The van der Waals surface area contributed by atoms with E-state index in [0.717, 1.165) is 0 Å². The van der Waals surface area contributed by atoms with Crippen molar-refractivity contribution in [2.75, 3.05) is 18.5 Å². The van der Waals surface area contributed by atoms with Gasteiger partial charge in [-0.25, -0.2) is 4.79 Å². The zero-order chi connectivity index (χ0) is 20.0. The van der Waals surface area contributed by atoms with Gasteiger partial charge in [-0.1, -0.05) is 46.9 Å². The number of para-hydroxylation sites is 1. The van der Waals surface area contributed by atoms with E-state index in [1.54, 1.807) is 24.3 Å². The number of carbonyl (C=O) groups is 3. The van der Waals surface area contributed by atoms with Gasteiger partial charge in [-0.2, -0.15) is 0 Å². The molecule has 6 nitrogen and oxygen atoms in total. The fourth-order valence-electron chi connectivity index (χ4n) is 2.02. The normalized spacial score (nSPS) is 10.2. The summed E-state index contributed by atoms with van der Waals surface area (Å²) in [6.45, 7) is 0.370. The molecule has 0 atom stereocenters. The summed E-state index contributed by atoms with van der Waals surface area (Å²) in [6.07, 6.45) is 0. The lowest BCUT2D eigenvalue weighted by atomic mass is 10.1. The SMILES string of the molecule is CC(=O)c1ccccc1NC(=O)COC(=O)COc1cc(Cl)c(Cl)cc1Cl. The number of benzene rings is 2. The van der Waals surface area contributed by atoms with E-state index in [4.69, 9.17) is 44.3 Å². The van der Waals surface area contributed by atoms with Crippen LogP contribution in [0.2, 0.25) is 15.1 Å². The molecule has 2 aromatic rings. The van der Waals surface area contributed by atoms with E-state index in [1.807, 2.05) is 0 Å². The van der Waals surface area contributed by atoms with Gasteiger partial charge in [0.1, 0.15) is 5.75 Å². The lowest BCUT2D eigenvalue weighted by Crippen LogP contribution is -2.24. The number of halogens is 3. The van der Waals surface area contributed by atoms with Crippen molar-refractivity contribution in [3.05, 3.63) is 57.0 Å². The van der Waals surface area contributed by atoms with E-state index in [0.29, 0.717) is 11.3 Å². The average Bonchev–Trinajstić information content (AvgIpc) is 2.62. The number of Topliss-reactive ketones (excluding diaryl/α,β-unsaturated/α-hetero) is 1. The molecule has 9 heteroatoms. The second-order valence-corrected chi connectivity index (χ2v) is 6.52. The maximum absolute atomic E-state index is 11.9. The second-order valence-electron chi connectivity index (χ2n) is 5.30. The first-order valence-corrected chi connectivity index (χ1v) is 8.74. The van der Waals surface area contributed by atoms with Gasteiger partial charge in [0.05, 0.1) is 20.8 Å². The zero-order valence-electron chi connectivity index (χ0n) is 14.1. The van der Waals surface area contributed by atoms with Gasteiger partial charge >= 0.3 is 5.97 Å². The van der Waals surface area contributed by atoms with Crippen LogP contribution in [0.15, 0.2) is 36.4 Å².